The molecule has 0 N–H and O–H groups in total. The Labute approximate surface area is 134 Å². The van der Waals surface area contributed by atoms with Gasteiger partial charge in [-0.3, -0.25) is 4.79 Å². The fourth-order valence-corrected chi connectivity index (χ4v) is 4.56. The Bertz CT molecular complexity index is 466. The monoisotopic (exact) mass is 300 g/mol. The van der Waals surface area contributed by atoms with Gasteiger partial charge in [0.25, 0.3) is 0 Å². The summed E-state index contributed by atoms with van der Waals surface area (Å²) in [5.41, 5.74) is 1.53. The summed E-state index contributed by atoms with van der Waals surface area (Å²) < 4.78 is 5.36. The number of carbonyl (C=O) groups is 1. The number of esters is 1. The van der Waals surface area contributed by atoms with Crippen LogP contribution in [0.5, 0.6) is 0 Å². The van der Waals surface area contributed by atoms with E-state index in [-0.39, 0.29) is 12.1 Å². The third-order valence-electron chi connectivity index (χ3n) is 5.76. The third kappa shape index (κ3) is 3.91. The highest BCUT2D eigenvalue weighted by molar-refractivity contribution is 5.66. The Morgan fingerprint density at radius 1 is 0.864 bits per heavy atom. The highest BCUT2D eigenvalue weighted by Crippen LogP contribution is 2.43. The first kappa shape index (κ1) is 15.6. The summed E-state index contributed by atoms with van der Waals surface area (Å²) in [5.74, 6) is 2.42. The van der Waals surface area contributed by atoms with E-state index >= 15 is 0 Å². The van der Waals surface area contributed by atoms with Crippen molar-refractivity contribution >= 4 is 5.97 Å². The molecule has 0 heterocycles. The number of hydrogen-bond acceptors (Lipinski definition) is 2. The van der Waals surface area contributed by atoms with Gasteiger partial charge in [0.15, 0.2) is 0 Å². The van der Waals surface area contributed by atoms with E-state index in [4.69, 9.17) is 4.74 Å². The minimum atomic E-state index is -0.119. The fourth-order valence-electron chi connectivity index (χ4n) is 4.56. The van der Waals surface area contributed by atoms with Crippen LogP contribution in [0.4, 0.5) is 0 Å². The zero-order valence-corrected chi connectivity index (χ0v) is 13.7. The average Bonchev–Trinajstić information content (AvgIpc) is 2.56. The molecule has 2 fully saturated rings. The SMILES string of the molecule is CC(=O)OC1CCC(C2CCC(c3ccccc3)CC2)CC1. The molecule has 1 aromatic carbocycles. The zero-order valence-electron chi connectivity index (χ0n) is 13.7. The molecule has 3 rings (SSSR count). The van der Waals surface area contributed by atoms with Crippen molar-refractivity contribution in [2.45, 2.75) is 70.3 Å². The van der Waals surface area contributed by atoms with E-state index in [1.54, 1.807) is 0 Å². The number of rotatable bonds is 3. The first-order chi connectivity index (χ1) is 10.7. The topological polar surface area (TPSA) is 26.3 Å². The van der Waals surface area contributed by atoms with Crippen LogP contribution in [0, 0.1) is 11.8 Å². The van der Waals surface area contributed by atoms with Gasteiger partial charge in [0.1, 0.15) is 6.10 Å². The maximum atomic E-state index is 11.0. The van der Waals surface area contributed by atoms with Crippen molar-refractivity contribution in [3.63, 3.8) is 0 Å². The van der Waals surface area contributed by atoms with Crippen molar-refractivity contribution in [1.82, 2.24) is 0 Å². The molecule has 2 aliphatic rings. The lowest BCUT2D eigenvalue weighted by atomic mass is 9.69. The second kappa shape index (κ2) is 7.30. The summed E-state index contributed by atoms with van der Waals surface area (Å²) in [4.78, 5) is 11.0. The van der Waals surface area contributed by atoms with Crippen LogP contribution in [0.15, 0.2) is 30.3 Å². The molecule has 0 amide bonds. The molecule has 0 bridgehead atoms. The van der Waals surface area contributed by atoms with Crippen molar-refractivity contribution in [2.75, 3.05) is 0 Å². The summed E-state index contributed by atoms with van der Waals surface area (Å²) in [5, 5.41) is 0. The second-order valence-corrected chi connectivity index (χ2v) is 7.17. The molecule has 22 heavy (non-hydrogen) atoms. The molecule has 0 aromatic heterocycles. The van der Waals surface area contributed by atoms with Gasteiger partial charge in [0.2, 0.25) is 0 Å². The molecular formula is C20H28O2. The van der Waals surface area contributed by atoms with Gasteiger partial charge in [-0.05, 0) is 74.7 Å². The smallest absolute Gasteiger partial charge is 0.302 e. The Morgan fingerprint density at radius 2 is 1.41 bits per heavy atom. The van der Waals surface area contributed by atoms with E-state index < -0.39 is 0 Å². The molecule has 1 aromatic rings. The first-order valence-corrected chi connectivity index (χ1v) is 8.94. The number of benzene rings is 1. The zero-order chi connectivity index (χ0) is 15.4. The van der Waals surface area contributed by atoms with E-state index in [0.29, 0.717) is 0 Å². The molecule has 0 saturated heterocycles. The van der Waals surface area contributed by atoms with Crippen LogP contribution in [-0.4, -0.2) is 12.1 Å². The lowest BCUT2D eigenvalue weighted by Crippen LogP contribution is -2.29. The molecule has 0 unspecified atom stereocenters. The first-order valence-electron chi connectivity index (χ1n) is 8.94. The fraction of sp³-hybridized carbons (Fsp3) is 0.650. The van der Waals surface area contributed by atoms with Crippen LogP contribution >= 0.6 is 0 Å². The molecular weight excluding hydrogens is 272 g/mol. The average molecular weight is 300 g/mol. The summed E-state index contributed by atoms with van der Waals surface area (Å²) in [6, 6.07) is 11.0. The van der Waals surface area contributed by atoms with Gasteiger partial charge in [-0.1, -0.05) is 30.3 Å². The summed E-state index contributed by atoms with van der Waals surface area (Å²) in [6.45, 7) is 1.52. The Morgan fingerprint density at radius 3 is 1.95 bits per heavy atom. The molecule has 2 heteroatoms. The highest BCUT2D eigenvalue weighted by atomic mass is 16.5. The van der Waals surface area contributed by atoms with E-state index in [9.17, 15) is 4.79 Å². The number of ether oxygens (including phenoxy) is 1. The van der Waals surface area contributed by atoms with Gasteiger partial charge in [-0.2, -0.15) is 0 Å². The molecule has 120 valence electrons. The van der Waals surface area contributed by atoms with Crippen molar-refractivity contribution in [3.8, 4) is 0 Å². The van der Waals surface area contributed by atoms with E-state index in [1.165, 1.54) is 51.0 Å². The standard InChI is InChI=1S/C20H28O2/c1-15(21)22-20-13-11-19(12-14-20)18-9-7-17(8-10-18)16-5-3-2-4-6-16/h2-6,17-20H,7-14H2,1H3. The molecule has 0 atom stereocenters. The van der Waals surface area contributed by atoms with Crippen molar-refractivity contribution in [1.29, 1.82) is 0 Å². The summed E-state index contributed by atoms with van der Waals surface area (Å²) in [6.07, 6.45) is 10.3. The molecule has 2 aliphatic carbocycles. The summed E-state index contributed by atoms with van der Waals surface area (Å²) in [7, 11) is 0. The largest absolute Gasteiger partial charge is 0.463 e. The quantitative estimate of drug-likeness (QED) is 0.727. The van der Waals surface area contributed by atoms with E-state index in [1.807, 2.05) is 0 Å². The number of hydrogen-bond donors (Lipinski definition) is 0. The Balaban J connectivity index is 1.45. The minimum absolute atomic E-state index is 0.119. The molecule has 2 saturated carbocycles. The van der Waals surface area contributed by atoms with E-state index in [0.717, 1.165) is 30.6 Å². The minimum Gasteiger partial charge on any atom is -0.463 e. The second-order valence-electron chi connectivity index (χ2n) is 7.17. The number of carbonyl (C=O) groups excluding carboxylic acids is 1. The van der Waals surface area contributed by atoms with Crippen LogP contribution < -0.4 is 0 Å². The van der Waals surface area contributed by atoms with Gasteiger partial charge in [-0.15, -0.1) is 0 Å². The van der Waals surface area contributed by atoms with Crippen molar-refractivity contribution in [3.05, 3.63) is 35.9 Å². The lowest BCUT2D eigenvalue weighted by molar-refractivity contribution is -0.148. The maximum Gasteiger partial charge on any atom is 0.302 e. The molecule has 0 aliphatic heterocycles. The lowest BCUT2D eigenvalue weighted by Gasteiger charge is -2.37. The van der Waals surface area contributed by atoms with Gasteiger partial charge in [0, 0.05) is 6.92 Å². The normalized spacial score (nSPS) is 32.4. The van der Waals surface area contributed by atoms with Crippen LogP contribution in [0.3, 0.4) is 0 Å². The molecule has 0 radical (unpaired) electrons. The van der Waals surface area contributed by atoms with Crippen LogP contribution in [-0.2, 0) is 9.53 Å². The van der Waals surface area contributed by atoms with Gasteiger partial charge in [-0.25, -0.2) is 0 Å². The van der Waals surface area contributed by atoms with Crippen LogP contribution in [0.25, 0.3) is 0 Å². The van der Waals surface area contributed by atoms with Gasteiger partial charge >= 0.3 is 5.97 Å². The van der Waals surface area contributed by atoms with Gasteiger partial charge < -0.3 is 4.74 Å². The predicted octanol–water partition coefficient (Wildman–Crippen LogP) is 5.08. The Hall–Kier alpha value is -1.31. The summed E-state index contributed by atoms with van der Waals surface area (Å²) >= 11 is 0. The van der Waals surface area contributed by atoms with Crippen LogP contribution in [0.2, 0.25) is 0 Å². The predicted molar refractivity (Wildman–Crippen MR) is 88.7 cm³/mol. The van der Waals surface area contributed by atoms with Gasteiger partial charge in [0.05, 0.1) is 0 Å². The van der Waals surface area contributed by atoms with E-state index in [2.05, 4.69) is 30.3 Å². The maximum absolute atomic E-state index is 11.0. The highest BCUT2D eigenvalue weighted by Gasteiger charge is 2.31. The van der Waals surface area contributed by atoms with Crippen molar-refractivity contribution < 1.29 is 9.53 Å². The third-order valence-corrected chi connectivity index (χ3v) is 5.76. The Kier molecular flexibility index (Phi) is 5.17. The molecule has 2 nitrogen and oxygen atoms in total. The van der Waals surface area contributed by atoms with Crippen molar-refractivity contribution in [2.24, 2.45) is 11.8 Å². The van der Waals surface area contributed by atoms with Crippen LogP contribution in [0.1, 0.15) is 69.8 Å². The molecule has 0 spiro atoms.